The number of hydrogen-bond acceptors (Lipinski definition) is 6. The molecule has 0 aliphatic heterocycles. The number of nitro groups is 1. The highest BCUT2D eigenvalue weighted by Gasteiger charge is 2.14. The summed E-state index contributed by atoms with van der Waals surface area (Å²) in [6.07, 6.45) is 2.85. The number of nitrogens with zero attached hydrogens (tertiary/aromatic N) is 4. The van der Waals surface area contributed by atoms with Crippen molar-refractivity contribution >= 4 is 23.5 Å². The molecule has 3 aromatic rings. The van der Waals surface area contributed by atoms with Crippen LogP contribution in [0.25, 0.3) is 5.69 Å². The van der Waals surface area contributed by atoms with E-state index in [2.05, 4.69) is 20.1 Å². The first-order valence-corrected chi connectivity index (χ1v) is 8.99. The number of aryl methyl sites for hydroxylation is 1. The molecule has 0 saturated carbocycles. The number of aromatic nitrogens is 2. The Kier molecular flexibility index (Phi) is 5.54. The SMILES string of the molecule is CC(=O)c1cccc(-n2c(C)cc(/C=N/Nc3ccc([N+](=O)[O-])cn3)c2C)c1C. The Morgan fingerprint density at radius 3 is 2.62 bits per heavy atom. The fraction of sp³-hybridized carbons (Fsp3) is 0.190. The van der Waals surface area contributed by atoms with Crippen molar-refractivity contribution in [3.05, 3.63) is 80.8 Å². The van der Waals surface area contributed by atoms with E-state index in [1.165, 1.54) is 18.3 Å². The Morgan fingerprint density at radius 1 is 1.24 bits per heavy atom. The van der Waals surface area contributed by atoms with Gasteiger partial charge in [0, 0.05) is 34.3 Å². The molecule has 0 bridgehead atoms. The van der Waals surface area contributed by atoms with Crippen LogP contribution in [0.3, 0.4) is 0 Å². The van der Waals surface area contributed by atoms with E-state index in [1.54, 1.807) is 13.1 Å². The van der Waals surface area contributed by atoms with E-state index in [1.807, 2.05) is 45.0 Å². The van der Waals surface area contributed by atoms with Gasteiger partial charge in [0.25, 0.3) is 5.69 Å². The van der Waals surface area contributed by atoms with Crippen molar-refractivity contribution in [2.24, 2.45) is 5.10 Å². The standard InChI is InChI=1S/C21H21N5O3/c1-13-10-17(11-23-24-21-9-8-18(12-22-21)26(28)29)15(3)25(13)20-7-5-6-19(14(20)2)16(4)27/h5-12H,1-4H3,(H,22,24)/b23-11+. The van der Waals surface area contributed by atoms with Gasteiger partial charge < -0.3 is 4.57 Å². The summed E-state index contributed by atoms with van der Waals surface area (Å²) >= 11 is 0. The first-order valence-electron chi connectivity index (χ1n) is 8.99. The van der Waals surface area contributed by atoms with Crippen LogP contribution < -0.4 is 5.43 Å². The van der Waals surface area contributed by atoms with Crippen LogP contribution in [0.2, 0.25) is 0 Å². The number of nitrogens with one attached hydrogen (secondary N) is 1. The molecule has 8 heteroatoms. The average molecular weight is 391 g/mol. The Bertz CT molecular complexity index is 1110. The molecule has 29 heavy (non-hydrogen) atoms. The van der Waals surface area contributed by atoms with E-state index in [-0.39, 0.29) is 11.5 Å². The molecule has 8 nitrogen and oxygen atoms in total. The highest BCUT2D eigenvalue weighted by atomic mass is 16.6. The van der Waals surface area contributed by atoms with Crippen LogP contribution in [0.4, 0.5) is 11.5 Å². The number of hydrazone groups is 1. The summed E-state index contributed by atoms with van der Waals surface area (Å²) in [5, 5.41) is 14.9. The van der Waals surface area contributed by atoms with Crippen LogP contribution >= 0.6 is 0 Å². The predicted octanol–water partition coefficient (Wildman–Crippen LogP) is 4.35. The van der Waals surface area contributed by atoms with Gasteiger partial charge in [-0.15, -0.1) is 0 Å². The number of benzene rings is 1. The zero-order chi connectivity index (χ0) is 21.1. The van der Waals surface area contributed by atoms with Crippen LogP contribution in [-0.2, 0) is 0 Å². The molecule has 0 aliphatic rings. The highest BCUT2D eigenvalue weighted by Crippen LogP contribution is 2.25. The Labute approximate surface area is 168 Å². The number of carbonyl (C=O) groups is 1. The molecule has 0 spiro atoms. The van der Waals surface area contributed by atoms with E-state index in [9.17, 15) is 14.9 Å². The lowest BCUT2D eigenvalue weighted by Crippen LogP contribution is -2.06. The summed E-state index contributed by atoms with van der Waals surface area (Å²) < 4.78 is 2.09. The summed E-state index contributed by atoms with van der Waals surface area (Å²) in [6.45, 7) is 7.49. The number of anilines is 1. The molecule has 0 fully saturated rings. The molecule has 1 aromatic carbocycles. The maximum atomic E-state index is 11.9. The third-order valence-corrected chi connectivity index (χ3v) is 4.74. The molecule has 0 saturated heterocycles. The molecule has 0 unspecified atom stereocenters. The second-order valence-electron chi connectivity index (χ2n) is 6.70. The third-order valence-electron chi connectivity index (χ3n) is 4.74. The second-order valence-corrected chi connectivity index (χ2v) is 6.70. The van der Waals surface area contributed by atoms with Gasteiger partial charge in [-0.3, -0.25) is 20.3 Å². The lowest BCUT2D eigenvalue weighted by atomic mass is 10.0. The van der Waals surface area contributed by atoms with E-state index in [0.717, 1.165) is 28.2 Å². The number of ketones is 1. The van der Waals surface area contributed by atoms with E-state index in [4.69, 9.17) is 0 Å². The van der Waals surface area contributed by atoms with Gasteiger partial charge in [-0.05, 0) is 51.5 Å². The van der Waals surface area contributed by atoms with Crippen molar-refractivity contribution in [2.45, 2.75) is 27.7 Å². The fourth-order valence-electron chi connectivity index (χ4n) is 3.26. The molecule has 148 valence electrons. The van der Waals surface area contributed by atoms with E-state index in [0.29, 0.717) is 11.4 Å². The van der Waals surface area contributed by atoms with Crippen LogP contribution in [0.15, 0.2) is 47.7 Å². The molecule has 0 atom stereocenters. The molecule has 2 aromatic heterocycles. The lowest BCUT2D eigenvalue weighted by Gasteiger charge is -2.14. The quantitative estimate of drug-likeness (QED) is 0.291. The van der Waals surface area contributed by atoms with Gasteiger partial charge in [-0.2, -0.15) is 5.10 Å². The number of pyridine rings is 1. The number of carbonyl (C=O) groups excluding carboxylic acids is 1. The zero-order valence-corrected chi connectivity index (χ0v) is 16.6. The monoisotopic (exact) mass is 391 g/mol. The molecule has 0 aliphatic carbocycles. The van der Waals surface area contributed by atoms with Gasteiger partial charge in [0.2, 0.25) is 0 Å². The van der Waals surface area contributed by atoms with Crippen LogP contribution in [0.1, 0.15) is 39.8 Å². The Morgan fingerprint density at radius 2 is 2.00 bits per heavy atom. The van der Waals surface area contributed by atoms with Crippen molar-refractivity contribution in [3.63, 3.8) is 0 Å². The van der Waals surface area contributed by atoms with Gasteiger partial charge >= 0.3 is 0 Å². The minimum absolute atomic E-state index is 0.0356. The second kappa shape index (κ2) is 8.05. The third kappa shape index (κ3) is 4.06. The summed E-state index contributed by atoms with van der Waals surface area (Å²) in [5.74, 6) is 0.444. The van der Waals surface area contributed by atoms with Gasteiger partial charge in [0.1, 0.15) is 12.0 Å². The van der Waals surface area contributed by atoms with Crippen LogP contribution in [0, 0.1) is 30.9 Å². The normalized spacial score (nSPS) is 11.0. The summed E-state index contributed by atoms with van der Waals surface area (Å²) in [5.41, 5.74) is 8.19. The lowest BCUT2D eigenvalue weighted by molar-refractivity contribution is -0.385. The predicted molar refractivity (Wildman–Crippen MR) is 112 cm³/mol. The molecule has 0 amide bonds. The number of Topliss-reactive ketones (excluding diaryl/α,β-unsaturated/α-hetero) is 1. The first kappa shape index (κ1) is 19.9. The van der Waals surface area contributed by atoms with Gasteiger partial charge in [-0.25, -0.2) is 4.98 Å². The van der Waals surface area contributed by atoms with Crippen molar-refractivity contribution in [3.8, 4) is 5.69 Å². The van der Waals surface area contributed by atoms with Gasteiger partial charge in [0.05, 0.1) is 11.1 Å². The number of rotatable bonds is 6. The van der Waals surface area contributed by atoms with E-state index >= 15 is 0 Å². The molecule has 0 radical (unpaired) electrons. The maximum absolute atomic E-state index is 11.9. The number of hydrogen-bond donors (Lipinski definition) is 1. The minimum atomic E-state index is -0.502. The Balaban J connectivity index is 1.86. The molecule has 2 heterocycles. The van der Waals surface area contributed by atoms with Crippen LogP contribution in [-0.4, -0.2) is 26.5 Å². The first-order chi connectivity index (χ1) is 13.8. The largest absolute Gasteiger partial charge is 0.318 e. The zero-order valence-electron chi connectivity index (χ0n) is 16.6. The van der Waals surface area contributed by atoms with Crippen molar-refractivity contribution in [1.82, 2.24) is 9.55 Å². The Hall–Kier alpha value is -3.81. The molecule has 3 rings (SSSR count). The van der Waals surface area contributed by atoms with E-state index < -0.39 is 4.92 Å². The summed E-state index contributed by atoms with van der Waals surface area (Å²) in [4.78, 5) is 26.0. The fourth-order valence-corrected chi connectivity index (χ4v) is 3.26. The smallest absolute Gasteiger partial charge is 0.287 e. The van der Waals surface area contributed by atoms with Crippen molar-refractivity contribution in [2.75, 3.05) is 5.43 Å². The van der Waals surface area contributed by atoms with Crippen molar-refractivity contribution < 1.29 is 9.72 Å². The highest BCUT2D eigenvalue weighted by molar-refractivity contribution is 5.96. The summed E-state index contributed by atoms with van der Waals surface area (Å²) in [7, 11) is 0. The van der Waals surface area contributed by atoms with Gasteiger partial charge in [0.15, 0.2) is 5.78 Å². The molecular weight excluding hydrogens is 370 g/mol. The average Bonchev–Trinajstić information content (AvgIpc) is 2.96. The molecule has 1 N–H and O–H groups in total. The van der Waals surface area contributed by atoms with Gasteiger partial charge in [-0.1, -0.05) is 12.1 Å². The topological polar surface area (TPSA) is 102 Å². The summed E-state index contributed by atoms with van der Waals surface area (Å²) in [6, 6.07) is 10.6. The maximum Gasteiger partial charge on any atom is 0.287 e. The van der Waals surface area contributed by atoms with Crippen LogP contribution in [0.5, 0.6) is 0 Å². The molecular formula is C21H21N5O3. The minimum Gasteiger partial charge on any atom is -0.318 e. The van der Waals surface area contributed by atoms with Crippen molar-refractivity contribution in [1.29, 1.82) is 0 Å².